The minimum Gasteiger partial charge on any atom is -0.366 e. The smallest absolute Gasteiger partial charge is 0.293 e. The number of thiazole rings is 1. The van der Waals surface area contributed by atoms with E-state index in [9.17, 15) is 19.7 Å². The molecular weight excluding hydrogens is 464 g/mol. The summed E-state index contributed by atoms with van der Waals surface area (Å²) in [7, 11) is 0. The molecule has 4 rings (SSSR count). The van der Waals surface area contributed by atoms with Crippen LogP contribution in [0.1, 0.15) is 30.1 Å². The Hall–Kier alpha value is -3.64. The van der Waals surface area contributed by atoms with Crippen LogP contribution in [0.4, 0.5) is 22.2 Å². The first kappa shape index (κ1) is 22.6. The van der Waals surface area contributed by atoms with E-state index in [0.717, 1.165) is 30.6 Å². The lowest BCUT2D eigenvalue weighted by Gasteiger charge is -2.17. The highest BCUT2D eigenvalue weighted by Gasteiger charge is 2.24. The van der Waals surface area contributed by atoms with Crippen LogP contribution in [0.25, 0.3) is 10.2 Å². The molecule has 1 aliphatic rings. The summed E-state index contributed by atoms with van der Waals surface area (Å²) in [6.45, 7) is 2.95. The van der Waals surface area contributed by atoms with Gasteiger partial charge in [-0.25, -0.2) is 4.98 Å². The number of carbonyl (C=O) groups excluding carboxylic acids is 2. The lowest BCUT2D eigenvalue weighted by molar-refractivity contribution is -0.384. The number of anilines is 3. The molecule has 0 saturated carbocycles. The number of nitro benzene ring substituents is 1. The van der Waals surface area contributed by atoms with Crippen molar-refractivity contribution in [1.82, 2.24) is 10.3 Å². The Bertz CT molecular complexity index is 1270. The van der Waals surface area contributed by atoms with E-state index in [1.54, 1.807) is 30.3 Å². The monoisotopic (exact) mass is 484 g/mol. The van der Waals surface area contributed by atoms with E-state index < -0.39 is 10.8 Å². The van der Waals surface area contributed by atoms with E-state index in [4.69, 9.17) is 12.2 Å². The molecule has 0 spiro atoms. The van der Waals surface area contributed by atoms with Crippen molar-refractivity contribution in [3.05, 3.63) is 52.1 Å². The first-order valence-electron chi connectivity index (χ1n) is 10.1. The fourth-order valence-corrected chi connectivity index (χ4v) is 4.76. The van der Waals surface area contributed by atoms with Gasteiger partial charge in [0.25, 0.3) is 11.6 Å². The molecule has 2 heterocycles. The molecule has 33 heavy (non-hydrogen) atoms. The van der Waals surface area contributed by atoms with E-state index >= 15 is 0 Å². The fraction of sp³-hybridized carbons (Fsp3) is 0.238. The molecule has 170 valence electrons. The lowest BCUT2D eigenvalue weighted by Crippen LogP contribution is -2.34. The van der Waals surface area contributed by atoms with Gasteiger partial charge in [0.1, 0.15) is 5.69 Å². The minimum atomic E-state index is -0.558. The number of amides is 2. The summed E-state index contributed by atoms with van der Waals surface area (Å²) in [5, 5.41) is 20.2. The fourth-order valence-electron chi connectivity index (χ4n) is 3.60. The maximum absolute atomic E-state index is 12.6. The van der Waals surface area contributed by atoms with Crippen LogP contribution in [0.5, 0.6) is 0 Å². The van der Waals surface area contributed by atoms with E-state index in [2.05, 4.69) is 20.9 Å². The molecule has 1 fully saturated rings. The van der Waals surface area contributed by atoms with Gasteiger partial charge >= 0.3 is 0 Å². The van der Waals surface area contributed by atoms with Crippen molar-refractivity contribution in [2.75, 3.05) is 28.6 Å². The van der Waals surface area contributed by atoms with Gasteiger partial charge in [-0.3, -0.25) is 25.0 Å². The number of rotatable bonds is 5. The highest BCUT2D eigenvalue weighted by molar-refractivity contribution is 7.80. The molecule has 10 nitrogen and oxygen atoms in total. The predicted molar refractivity (Wildman–Crippen MR) is 132 cm³/mol. The van der Waals surface area contributed by atoms with Crippen molar-refractivity contribution in [2.45, 2.75) is 19.8 Å². The van der Waals surface area contributed by atoms with E-state index in [0.29, 0.717) is 22.0 Å². The number of hydrogen-bond acceptors (Lipinski definition) is 8. The molecule has 1 aromatic heterocycles. The standard InChI is InChI=1S/C21H20N6O4S2/c1-12(28)22-14-5-6-15-18(11-14)33-21(23-15)25-20(32)24-19(29)13-4-7-16(17(10-13)27(30)31)26-8-2-3-9-26/h4-7,10-11H,2-3,8-9H2,1H3,(H,22,28)(H2,23,24,25,29,32). The van der Waals surface area contributed by atoms with Crippen molar-refractivity contribution in [3.8, 4) is 0 Å². The maximum atomic E-state index is 12.6. The van der Waals surface area contributed by atoms with E-state index in [1.165, 1.54) is 24.3 Å². The Kier molecular flexibility index (Phi) is 6.47. The quantitative estimate of drug-likeness (QED) is 0.283. The minimum absolute atomic E-state index is 0.0208. The summed E-state index contributed by atoms with van der Waals surface area (Å²) < 4.78 is 0.825. The second-order valence-electron chi connectivity index (χ2n) is 7.45. The van der Waals surface area contributed by atoms with Gasteiger partial charge in [0, 0.05) is 37.3 Å². The third-order valence-electron chi connectivity index (χ3n) is 5.04. The number of benzene rings is 2. The molecule has 0 unspecified atom stereocenters. The zero-order valence-electron chi connectivity index (χ0n) is 17.6. The van der Waals surface area contributed by atoms with Crippen LogP contribution in [-0.2, 0) is 4.79 Å². The molecule has 12 heteroatoms. The Balaban J connectivity index is 1.45. The average Bonchev–Trinajstić information content (AvgIpc) is 3.42. The van der Waals surface area contributed by atoms with Crippen LogP contribution < -0.4 is 20.9 Å². The summed E-state index contributed by atoms with van der Waals surface area (Å²) in [5.74, 6) is -0.729. The number of fused-ring (bicyclic) bond motifs is 1. The Labute approximate surface area is 198 Å². The third kappa shape index (κ3) is 5.23. The molecule has 3 N–H and O–H groups in total. The van der Waals surface area contributed by atoms with Crippen molar-refractivity contribution in [3.63, 3.8) is 0 Å². The van der Waals surface area contributed by atoms with Crippen LogP contribution >= 0.6 is 23.6 Å². The van der Waals surface area contributed by atoms with Gasteiger partial charge in [-0.2, -0.15) is 0 Å². The van der Waals surface area contributed by atoms with Crippen LogP contribution in [0.3, 0.4) is 0 Å². The Morgan fingerprint density at radius 1 is 1.15 bits per heavy atom. The van der Waals surface area contributed by atoms with Gasteiger partial charge in [0.2, 0.25) is 5.91 Å². The largest absolute Gasteiger partial charge is 0.366 e. The third-order valence-corrected chi connectivity index (χ3v) is 6.18. The van der Waals surface area contributed by atoms with Gasteiger partial charge in [0.15, 0.2) is 10.2 Å². The van der Waals surface area contributed by atoms with Crippen LogP contribution in [0.15, 0.2) is 36.4 Å². The number of hydrogen-bond donors (Lipinski definition) is 3. The van der Waals surface area contributed by atoms with Crippen molar-refractivity contribution in [1.29, 1.82) is 0 Å². The van der Waals surface area contributed by atoms with Gasteiger partial charge in [0.05, 0.1) is 15.1 Å². The summed E-state index contributed by atoms with van der Waals surface area (Å²) in [6.07, 6.45) is 1.97. The first-order valence-corrected chi connectivity index (χ1v) is 11.4. The molecular formula is C21H20N6O4S2. The van der Waals surface area contributed by atoms with Crippen LogP contribution in [0, 0.1) is 10.1 Å². The number of nitro groups is 1. The van der Waals surface area contributed by atoms with E-state index in [1.807, 2.05) is 4.90 Å². The summed E-state index contributed by atoms with van der Waals surface area (Å²) >= 11 is 6.53. The highest BCUT2D eigenvalue weighted by atomic mass is 32.1. The molecule has 2 amide bonds. The van der Waals surface area contributed by atoms with Gasteiger partial charge in [-0.05, 0) is 55.4 Å². The van der Waals surface area contributed by atoms with Crippen molar-refractivity contribution < 1.29 is 14.5 Å². The number of aromatic nitrogens is 1. The number of nitrogens with one attached hydrogen (secondary N) is 3. The van der Waals surface area contributed by atoms with Crippen molar-refractivity contribution >= 4 is 72.9 Å². The number of thiocarbonyl (C=S) groups is 1. The SMILES string of the molecule is CC(=O)Nc1ccc2nc(NC(=S)NC(=O)c3ccc(N4CCCC4)c([N+](=O)[O-])c3)sc2c1. The van der Waals surface area contributed by atoms with Gasteiger partial charge in [-0.15, -0.1) is 0 Å². The van der Waals surface area contributed by atoms with E-state index in [-0.39, 0.29) is 22.3 Å². The molecule has 2 aromatic carbocycles. The van der Waals surface area contributed by atoms with Gasteiger partial charge in [-0.1, -0.05) is 11.3 Å². The molecule has 0 aliphatic carbocycles. The zero-order valence-corrected chi connectivity index (χ0v) is 19.2. The van der Waals surface area contributed by atoms with Crippen molar-refractivity contribution in [2.24, 2.45) is 0 Å². The zero-order chi connectivity index (χ0) is 23.5. The molecule has 1 aliphatic heterocycles. The van der Waals surface area contributed by atoms with Crippen LogP contribution in [0.2, 0.25) is 0 Å². The highest BCUT2D eigenvalue weighted by Crippen LogP contribution is 2.32. The maximum Gasteiger partial charge on any atom is 0.293 e. The summed E-state index contributed by atoms with van der Waals surface area (Å²) in [4.78, 5) is 41.3. The summed E-state index contributed by atoms with van der Waals surface area (Å²) in [6, 6.07) is 9.74. The van der Waals surface area contributed by atoms with Crippen LogP contribution in [-0.4, -0.2) is 39.9 Å². The molecule has 0 radical (unpaired) electrons. The summed E-state index contributed by atoms with van der Waals surface area (Å²) in [5.41, 5.74) is 1.91. The Morgan fingerprint density at radius 2 is 1.91 bits per heavy atom. The number of carbonyl (C=O) groups is 2. The average molecular weight is 485 g/mol. The molecule has 1 saturated heterocycles. The second kappa shape index (κ2) is 9.46. The second-order valence-corrected chi connectivity index (χ2v) is 8.88. The molecule has 0 atom stereocenters. The molecule has 3 aromatic rings. The topological polar surface area (TPSA) is 130 Å². The Morgan fingerprint density at radius 3 is 2.61 bits per heavy atom. The first-order chi connectivity index (χ1) is 15.8. The normalized spacial score (nSPS) is 13.1. The number of nitrogens with zero attached hydrogens (tertiary/aromatic N) is 3. The predicted octanol–water partition coefficient (Wildman–Crippen LogP) is 3.89. The lowest BCUT2D eigenvalue weighted by atomic mass is 10.1. The van der Waals surface area contributed by atoms with Gasteiger partial charge < -0.3 is 15.5 Å². The molecule has 0 bridgehead atoms.